The predicted octanol–water partition coefficient (Wildman–Crippen LogP) is 2.22. The summed E-state index contributed by atoms with van der Waals surface area (Å²) in [6.45, 7) is 0. The Labute approximate surface area is 115 Å². The SMILES string of the molecule is CN(C)C=Nc1ccc(Cc2nncs2)cc1C#N. The molecule has 0 aliphatic rings. The molecule has 19 heavy (non-hydrogen) atoms. The van der Waals surface area contributed by atoms with Crippen LogP contribution in [0.2, 0.25) is 0 Å². The molecule has 0 aliphatic carbocycles. The fourth-order valence-corrected chi connectivity index (χ4v) is 2.08. The van der Waals surface area contributed by atoms with Gasteiger partial charge in [-0.1, -0.05) is 6.07 Å². The first-order valence-electron chi connectivity index (χ1n) is 5.67. The molecule has 1 heterocycles. The number of hydrogen-bond acceptors (Lipinski definition) is 5. The second-order valence-corrected chi connectivity index (χ2v) is 5.10. The van der Waals surface area contributed by atoms with Crippen molar-refractivity contribution >= 4 is 23.4 Å². The summed E-state index contributed by atoms with van der Waals surface area (Å²) in [5.74, 6) is 0. The maximum atomic E-state index is 9.17. The van der Waals surface area contributed by atoms with Crippen LogP contribution in [0.1, 0.15) is 16.1 Å². The second-order valence-electron chi connectivity index (χ2n) is 4.18. The van der Waals surface area contributed by atoms with Gasteiger partial charge >= 0.3 is 0 Å². The van der Waals surface area contributed by atoms with Gasteiger partial charge in [0.1, 0.15) is 16.6 Å². The van der Waals surface area contributed by atoms with Crippen LogP contribution in [0.4, 0.5) is 5.69 Å². The van der Waals surface area contributed by atoms with Crippen LogP contribution in [-0.2, 0) is 6.42 Å². The van der Waals surface area contributed by atoms with Crippen molar-refractivity contribution in [3.63, 3.8) is 0 Å². The Bertz CT molecular complexity index is 610. The molecule has 0 N–H and O–H groups in total. The molecule has 0 amide bonds. The Kier molecular flexibility index (Phi) is 4.21. The lowest BCUT2D eigenvalue weighted by Crippen LogP contribution is -2.07. The van der Waals surface area contributed by atoms with Gasteiger partial charge in [0.25, 0.3) is 0 Å². The summed E-state index contributed by atoms with van der Waals surface area (Å²) in [6.07, 6.45) is 2.37. The second kappa shape index (κ2) is 6.07. The summed E-state index contributed by atoms with van der Waals surface area (Å²) in [6, 6.07) is 7.84. The van der Waals surface area contributed by atoms with Crippen LogP contribution in [0, 0.1) is 11.3 Å². The fourth-order valence-electron chi connectivity index (χ4n) is 1.52. The number of benzene rings is 1. The van der Waals surface area contributed by atoms with Crippen molar-refractivity contribution in [2.24, 2.45) is 4.99 Å². The molecule has 0 spiro atoms. The number of aromatic nitrogens is 2. The van der Waals surface area contributed by atoms with Crippen molar-refractivity contribution < 1.29 is 0 Å². The molecule has 2 aromatic rings. The molecule has 0 fully saturated rings. The molecule has 0 saturated heterocycles. The molecule has 96 valence electrons. The number of rotatable bonds is 4. The third-order valence-electron chi connectivity index (χ3n) is 2.37. The van der Waals surface area contributed by atoms with Crippen molar-refractivity contribution in [3.05, 3.63) is 39.8 Å². The summed E-state index contributed by atoms with van der Waals surface area (Å²) < 4.78 is 0. The maximum Gasteiger partial charge on any atom is 0.121 e. The Hall–Kier alpha value is -2.26. The van der Waals surface area contributed by atoms with E-state index < -0.39 is 0 Å². The minimum absolute atomic E-state index is 0.570. The molecule has 0 atom stereocenters. The monoisotopic (exact) mass is 271 g/mol. The van der Waals surface area contributed by atoms with Crippen LogP contribution < -0.4 is 0 Å². The van der Waals surface area contributed by atoms with Gasteiger partial charge in [-0.2, -0.15) is 5.26 Å². The van der Waals surface area contributed by atoms with Crippen molar-refractivity contribution in [2.45, 2.75) is 6.42 Å². The van der Waals surface area contributed by atoms with Gasteiger partial charge in [0.15, 0.2) is 0 Å². The lowest BCUT2D eigenvalue weighted by molar-refractivity contribution is 0.643. The minimum atomic E-state index is 0.570. The first-order chi connectivity index (χ1) is 9.19. The summed E-state index contributed by atoms with van der Waals surface area (Å²) in [5.41, 5.74) is 3.99. The van der Waals surface area contributed by atoms with E-state index in [-0.39, 0.29) is 0 Å². The standard InChI is InChI=1S/C13H13N5S/c1-18(2)8-15-12-4-3-10(5-11(12)7-14)6-13-17-16-9-19-13/h3-5,8-9H,6H2,1-2H3. The Morgan fingerprint density at radius 3 is 2.95 bits per heavy atom. The summed E-state index contributed by atoms with van der Waals surface area (Å²) >= 11 is 1.51. The molecule has 0 unspecified atom stereocenters. The lowest BCUT2D eigenvalue weighted by Gasteiger charge is -2.05. The van der Waals surface area contributed by atoms with E-state index in [9.17, 15) is 5.26 Å². The number of hydrogen-bond donors (Lipinski definition) is 0. The van der Waals surface area contributed by atoms with Crippen molar-refractivity contribution in [2.75, 3.05) is 14.1 Å². The highest BCUT2D eigenvalue weighted by Crippen LogP contribution is 2.21. The van der Waals surface area contributed by atoms with Gasteiger partial charge in [-0.25, -0.2) is 4.99 Å². The largest absolute Gasteiger partial charge is 0.369 e. The number of aliphatic imine (C=N–C) groups is 1. The van der Waals surface area contributed by atoms with E-state index in [0.717, 1.165) is 10.6 Å². The van der Waals surface area contributed by atoms with E-state index in [2.05, 4.69) is 21.3 Å². The molecular formula is C13H13N5S. The van der Waals surface area contributed by atoms with Gasteiger partial charge in [-0.15, -0.1) is 21.5 Å². The summed E-state index contributed by atoms with van der Waals surface area (Å²) in [4.78, 5) is 6.10. The van der Waals surface area contributed by atoms with Gasteiger partial charge in [0.05, 0.1) is 17.6 Å². The van der Waals surface area contributed by atoms with Crippen LogP contribution in [0.5, 0.6) is 0 Å². The first kappa shape index (κ1) is 13.2. The average Bonchev–Trinajstić information content (AvgIpc) is 2.89. The fraction of sp³-hybridized carbons (Fsp3) is 0.231. The van der Waals surface area contributed by atoms with Crippen LogP contribution >= 0.6 is 11.3 Å². The van der Waals surface area contributed by atoms with E-state index in [4.69, 9.17) is 0 Å². The highest BCUT2D eigenvalue weighted by atomic mass is 32.1. The minimum Gasteiger partial charge on any atom is -0.369 e. The van der Waals surface area contributed by atoms with Crippen LogP contribution in [0.25, 0.3) is 0 Å². The molecule has 1 aromatic heterocycles. The zero-order valence-corrected chi connectivity index (χ0v) is 11.6. The summed E-state index contributed by atoms with van der Waals surface area (Å²) in [7, 11) is 3.78. The Morgan fingerprint density at radius 1 is 1.47 bits per heavy atom. The Balaban J connectivity index is 2.24. The molecule has 5 nitrogen and oxygen atoms in total. The van der Waals surface area contributed by atoms with Gasteiger partial charge < -0.3 is 4.90 Å². The molecule has 0 saturated carbocycles. The molecule has 2 rings (SSSR count). The lowest BCUT2D eigenvalue weighted by atomic mass is 10.1. The van der Waals surface area contributed by atoms with E-state index in [0.29, 0.717) is 17.7 Å². The van der Waals surface area contributed by atoms with Crippen LogP contribution in [0.15, 0.2) is 28.7 Å². The van der Waals surface area contributed by atoms with Crippen LogP contribution in [-0.4, -0.2) is 35.5 Å². The molecule has 0 bridgehead atoms. The highest BCUT2D eigenvalue weighted by molar-refractivity contribution is 7.09. The summed E-state index contributed by atoms with van der Waals surface area (Å²) in [5, 5.41) is 17.9. The van der Waals surface area contributed by atoms with Gasteiger partial charge in [0.2, 0.25) is 0 Å². The van der Waals surface area contributed by atoms with E-state index in [1.165, 1.54) is 11.3 Å². The predicted molar refractivity (Wildman–Crippen MR) is 75.7 cm³/mol. The highest BCUT2D eigenvalue weighted by Gasteiger charge is 2.05. The van der Waals surface area contributed by atoms with Gasteiger partial charge in [-0.05, 0) is 17.7 Å². The first-order valence-corrected chi connectivity index (χ1v) is 6.55. The normalized spacial score (nSPS) is 10.6. The van der Waals surface area contributed by atoms with E-state index in [1.807, 2.05) is 37.2 Å². The Morgan fingerprint density at radius 2 is 2.32 bits per heavy atom. The number of nitrogens with zero attached hydrogens (tertiary/aromatic N) is 5. The topological polar surface area (TPSA) is 65.2 Å². The van der Waals surface area contributed by atoms with Crippen molar-refractivity contribution in [3.8, 4) is 6.07 Å². The average molecular weight is 271 g/mol. The molecular weight excluding hydrogens is 258 g/mol. The van der Waals surface area contributed by atoms with Crippen LogP contribution in [0.3, 0.4) is 0 Å². The number of nitriles is 1. The molecule has 1 aromatic carbocycles. The van der Waals surface area contributed by atoms with E-state index >= 15 is 0 Å². The van der Waals surface area contributed by atoms with Crippen molar-refractivity contribution in [1.82, 2.24) is 15.1 Å². The smallest absolute Gasteiger partial charge is 0.121 e. The van der Waals surface area contributed by atoms with E-state index in [1.54, 1.807) is 11.8 Å². The zero-order valence-electron chi connectivity index (χ0n) is 10.7. The van der Waals surface area contributed by atoms with Crippen molar-refractivity contribution in [1.29, 1.82) is 5.26 Å². The zero-order chi connectivity index (χ0) is 13.7. The molecule has 0 radical (unpaired) electrons. The third kappa shape index (κ3) is 3.60. The molecule has 0 aliphatic heterocycles. The van der Waals surface area contributed by atoms with Gasteiger partial charge in [-0.3, -0.25) is 0 Å². The maximum absolute atomic E-state index is 9.17. The third-order valence-corrected chi connectivity index (χ3v) is 3.07. The van der Waals surface area contributed by atoms with Gasteiger partial charge in [0, 0.05) is 20.5 Å². The quantitative estimate of drug-likeness (QED) is 0.631. The molecule has 6 heteroatoms.